The first-order valence-corrected chi connectivity index (χ1v) is 11.2. The molecule has 1 aromatic rings. The number of nitrogens with one attached hydrogen (secondary N) is 2. The third-order valence-electron chi connectivity index (χ3n) is 6.28. The van der Waals surface area contributed by atoms with E-state index >= 15 is 0 Å². The molecule has 0 spiro atoms. The zero-order chi connectivity index (χ0) is 20.5. The van der Waals surface area contributed by atoms with Gasteiger partial charge < -0.3 is 10.6 Å². The lowest BCUT2D eigenvalue weighted by molar-refractivity contribution is -0.140. The Morgan fingerprint density at radius 2 is 1.80 bits per heavy atom. The molecule has 9 heteroatoms. The zero-order valence-electron chi connectivity index (χ0n) is 17.7. The number of guanidine groups is 1. The number of aliphatic imine (C=N–C) groups is 1. The van der Waals surface area contributed by atoms with Crippen LogP contribution in [0.5, 0.6) is 0 Å². The van der Waals surface area contributed by atoms with Crippen molar-refractivity contribution < 1.29 is 9.59 Å². The molecular weight excluding hydrogens is 513 g/mol. The highest BCUT2D eigenvalue weighted by Gasteiger charge is 2.58. The second-order valence-corrected chi connectivity index (χ2v) is 9.39. The number of imide groups is 1. The van der Waals surface area contributed by atoms with Crippen LogP contribution >= 0.6 is 35.3 Å². The number of allylic oxidation sites excluding steroid dienone is 2. The molecule has 2 aliphatic carbocycles. The first-order valence-electron chi connectivity index (χ1n) is 10.4. The Morgan fingerprint density at radius 1 is 1.17 bits per heavy atom. The van der Waals surface area contributed by atoms with Gasteiger partial charge >= 0.3 is 0 Å². The number of hydrogen-bond donors (Lipinski definition) is 2. The molecular formula is C21H30IN5O2S. The maximum Gasteiger partial charge on any atom is 0.233 e. The number of carbonyl (C=O) groups excluding carboxylic acids is 2. The average Bonchev–Trinajstić information content (AvgIpc) is 3.43. The van der Waals surface area contributed by atoms with E-state index in [2.05, 4.69) is 32.8 Å². The predicted octanol–water partition coefficient (Wildman–Crippen LogP) is 2.28. The quantitative estimate of drug-likeness (QED) is 0.138. The van der Waals surface area contributed by atoms with Crippen molar-refractivity contribution in [3.05, 3.63) is 27.7 Å². The van der Waals surface area contributed by atoms with Gasteiger partial charge in [0.1, 0.15) is 0 Å². The lowest BCUT2D eigenvalue weighted by atomic mass is 9.85. The average molecular weight is 543 g/mol. The van der Waals surface area contributed by atoms with Crippen molar-refractivity contribution in [3.63, 3.8) is 0 Å². The highest BCUT2D eigenvalue weighted by atomic mass is 127. The number of amides is 2. The number of hydrogen-bond acceptors (Lipinski definition) is 5. The van der Waals surface area contributed by atoms with E-state index in [0.29, 0.717) is 19.5 Å². The molecule has 0 aromatic carbocycles. The van der Waals surface area contributed by atoms with E-state index in [1.54, 1.807) is 18.4 Å². The molecule has 30 heavy (non-hydrogen) atoms. The number of fused-ring (bicyclic) bond motifs is 5. The van der Waals surface area contributed by atoms with Crippen LogP contribution < -0.4 is 10.6 Å². The fraction of sp³-hybridized carbons (Fsp3) is 0.619. The number of thiazole rings is 1. The van der Waals surface area contributed by atoms with Gasteiger partial charge in [0.05, 0.1) is 22.5 Å². The molecule has 164 valence electrons. The molecule has 1 saturated carbocycles. The lowest BCUT2D eigenvalue weighted by Crippen LogP contribution is -2.40. The van der Waals surface area contributed by atoms with Crippen LogP contribution in [0.3, 0.4) is 0 Å². The maximum absolute atomic E-state index is 12.7. The highest BCUT2D eigenvalue weighted by Crippen LogP contribution is 2.52. The fourth-order valence-electron chi connectivity index (χ4n) is 4.95. The molecule has 2 bridgehead atoms. The number of halogens is 1. The van der Waals surface area contributed by atoms with Gasteiger partial charge in [-0.25, -0.2) is 4.98 Å². The van der Waals surface area contributed by atoms with Crippen molar-refractivity contribution in [2.45, 2.75) is 33.1 Å². The third-order valence-corrected chi connectivity index (χ3v) is 7.41. The van der Waals surface area contributed by atoms with Crippen LogP contribution in [-0.2, 0) is 16.0 Å². The first kappa shape index (κ1) is 23.2. The largest absolute Gasteiger partial charge is 0.356 e. The molecule has 3 aliphatic rings. The lowest BCUT2D eigenvalue weighted by Gasteiger charge is -2.18. The van der Waals surface area contributed by atoms with Gasteiger partial charge in [-0.2, -0.15) is 0 Å². The van der Waals surface area contributed by atoms with Crippen LogP contribution in [-0.4, -0.2) is 54.3 Å². The smallest absolute Gasteiger partial charge is 0.233 e. The van der Waals surface area contributed by atoms with Crippen molar-refractivity contribution in [1.82, 2.24) is 20.5 Å². The second-order valence-electron chi connectivity index (χ2n) is 8.10. The maximum atomic E-state index is 12.7. The first-order chi connectivity index (χ1) is 14.0. The van der Waals surface area contributed by atoms with Gasteiger partial charge in [-0.3, -0.25) is 19.5 Å². The Hall–Kier alpha value is -1.49. The molecule has 4 unspecified atom stereocenters. The summed E-state index contributed by atoms with van der Waals surface area (Å²) in [5, 5.41) is 7.69. The summed E-state index contributed by atoms with van der Waals surface area (Å²) in [6, 6.07) is 0. The second kappa shape index (κ2) is 9.76. The Balaban J connectivity index is 0.00000256. The van der Waals surface area contributed by atoms with Crippen molar-refractivity contribution in [3.8, 4) is 0 Å². The van der Waals surface area contributed by atoms with Crippen LogP contribution in [0.15, 0.2) is 17.1 Å². The summed E-state index contributed by atoms with van der Waals surface area (Å²) in [6.07, 6.45) is 6.87. The molecule has 2 N–H and O–H groups in total. The summed E-state index contributed by atoms with van der Waals surface area (Å²) in [5.41, 5.74) is 1.10. The Bertz CT molecular complexity index is 838. The van der Waals surface area contributed by atoms with Gasteiger partial charge in [-0.05, 0) is 38.5 Å². The molecule has 0 radical (unpaired) electrons. The van der Waals surface area contributed by atoms with Gasteiger partial charge in [0, 0.05) is 38.0 Å². The van der Waals surface area contributed by atoms with Crippen LogP contribution in [0.1, 0.15) is 28.4 Å². The minimum Gasteiger partial charge on any atom is -0.356 e. The zero-order valence-corrected chi connectivity index (χ0v) is 20.8. The number of aromatic nitrogens is 1. The van der Waals surface area contributed by atoms with Gasteiger partial charge in [-0.1, -0.05) is 12.2 Å². The Labute approximate surface area is 198 Å². The summed E-state index contributed by atoms with van der Waals surface area (Å²) < 4.78 is 0. The van der Waals surface area contributed by atoms with E-state index in [1.165, 1.54) is 9.78 Å². The third kappa shape index (κ3) is 4.42. The van der Waals surface area contributed by atoms with Gasteiger partial charge in [-0.15, -0.1) is 35.3 Å². The highest BCUT2D eigenvalue weighted by molar-refractivity contribution is 14.0. The number of carbonyl (C=O) groups is 2. The van der Waals surface area contributed by atoms with Gasteiger partial charge in [0.15, 0.2) is 5.96 Å². The minimum absolute atomic E-state index is 0. The normalized spacial score (nSPS) is 26.9. The minimum atomic E-state index is -0.0984. The van der Waals surface area contributed by atoms with Crippen molar-refractivity contribution in [2.75, 3.05) is 26.7 Å². The molecule has 4 rings (SSSR count). The predicted molar refractivity (Wildman–Crippen MR) is 129 cm³/mol. The van der Waals surface area contributed by atoms with Crippen molar-refractivity contribution in [1.29, 1.82) is 0 Å². The molecule has 4 atom stereocenters. The topological polar surface area (TPSA) is 86.7 Å². The molecule has 1 aromatic heterocycles. The van der Waals surface area contributed by atoms with Crippen LogP contribution in [0.25, 0.3) is 0 Å². The van der Waals surface area contributed by atoms with Crippen LogP contribution in [0, 0.1) is 37.5 Å². The summed E-state index contributed by atoms with van der Waals surface area (Å²) in [6.45, 7) is 6.00. The van der Waals surface area contributed by atoms with E-state index in [-0.39, 0.29) is 59.5 Å². The molecule has 1 saturated heterocycles. The Morgan fingerprint density at radius 3 is 2.37 bits per heavy atom. The summed E-state index contributed by atoms with van der Waals surface area (Å²) >= 11 is 1.74. The van der Waals surface area contributed by atoms with Crippen LogP contribution in [0.2, 0.25) is 0 Å². The number of nitrogens with zero attached hydrogens (tertiary/aromatic N) is 3. The summed E-state index contributed by atoms with van der Waals surface area (Å²) in [4.78, 5) is 36.9. The SMILES string of the molecule is CN=C(NCCCN1C(=O)C2C3C=CC(C3)C2C1=O)NCCc1sc(C)nc1C.I. The van der Waals surface area contributed by atoms with Gasteiger partial charge in [0.2, 0.25) is 11.8 Å². The number of aryl methyl sites for hydroxylation is 2. The van der Waals surface area contributed by atoms with Crippen molar-refractivity contribution >= 4 is 53.1 Å². The van der Waals surface area contributed by atoms with Gasteiger partial charge in [0.25, 0.3) is 0 Å². The Kier molecular flexibility index (Phi) is 7.54. The standard InChI is InChI=1S/C21H29N5O2S.HI/c1-12-16(29-13(2)25-12)7-9-24-21(22-3)23-8-4-10-26-19(27)17-14-5-6-15(11-14)18(17)20(26)28;/h5-6,14-15,17-18H,4,7-11H2,1-3H3,(H2,22,23,24);1H. The molecule has 2 heterocycles. The molecule has 7 nitrogen and oxygen atoms in total. The van der Waals surface area contributed by atoms with E-state index in [0.717, 1.165) is 36.0 Å². The van der Waals surface area contributed by atoms with E-state index in [4.69, 9.17) is 0 Å². The summed E-state index contributed by atoms with van der Waals surface area (Å²) in [7, 11) is 1.74. The van der Waals surface area contributed by atoms with E-state index in [1.807, 2.05) is 13.8 Å². The fourth-order valence-corrected chi connectivity index (χ4v) is 5.89. The molecule has 2 fully saturated rings. The molecule has 2 amide bonds. The van der Waals surface area contributed by atoms with Crippen LogP contribution in [0.4, 0.5) is 0 Å². The monoisotopic (exact) mass is 543 g/mol. The van der Waals surface area contributed by atoms with E-state index < -0.39 is 0 Å². The molecule has 1 aliphatic heterocycles. The number of rotatable bonds is 7. The summed E-state index contributed by atoms with van der Waals surface area (Å²) in [5.74, 6) is 1.17. The van der Waals surface area contributed by atoms with E-state index in [9.17, 15) is 9.59 Å². The van der Waals surface area contributed by atoms with Crippen molar-refractivity contribution in [2.24, 2.45) is 28.7 Å². The number of likely N-dealkylation sites (tertiary alicyclic amines) is 1.